The molecule has 0 bridgehead atoms. The SMILES string of the molecule is Cc1cccc(C)c1OCC(O)CN1C(C)COCC1C. The Balaban J connectivity index is 1.88. The molecule has 1 aromatic rings. The summed E-state index contributed by atoms with van der Waals surface area (Å²) >= 11 is 0. The number of aliphatic hydroxyl groups is 1. The number of hydrogen-bond acceptors (Lipinski definition) is 4. The number of para-hydroxylation sites is 1. The molecule has 1 aliphatic rings. The van der Waals surface area contributed by atoms with E-state index in [4.69, 9.17) is 9.47 Å². The fourth-order valence-corrected chi connectivity index (χ4v) is 2.90. The molecule has 1 saturated heterocycles. The van der Waals surface area contributed by atoms with Gasteiger partial charge in [-0.25, -0.2) is 0 Å². The van der Waals surface area contributed by atoms with Crippen molar-refractivity contribution in [2.45, 2.75) is 45.9 Å². The first-order chi connectivity index (χ1) is 9.99. The van der Waals surface area contributed by atoms with Crippen molar-refractivity contribution in [1.82, 2.24) is 4.90 Å². The van der Waals surface area contributed by atoms with E-state index < -0.39 is 6.10 Å². The minimum atomic E-state index is -0.494. The number of benzene rings is 1. The van der Waals surface area contributed by atoms with Crippen LogP contribution in [0.1, 0.15) is 25.0 Å². The highest BCUT2D eigenvalue weighted by Crippen LogP contribution is 2.22. The van der Waals surface area contributed by atoms with E-state index in [1.54, 1.807) is 0 Å². The van der Waals surface area contributed by atoms with E-state index in [0.717, 1.165) is 30.1 Å². The number of aliphatic hydroxyl groups excluding tert-OH is 1. The molecule has 0 radical (unpaired) electrons. The van der Waals surface area contributed by atoms with E-state index in [9.17, 15) is 5.11 Å². The van der Waals surface area contributed by atoms with Crippen LogP contribution >= 0.6 is 0 Å². The first-order valence-electron chi connectivity index (χ1n) is 7.69. The summed E-state index contributed by atoms with van der Waals surface area (Å²) in [5, 5.41) is 10.3. The van der Waals surface area contributed by atoms with Gasteiger partial charge in [-0.05, 0) is 38.8 Å². The average molecular weight is 293 g/mol. The molecular weight excluding hydrogens is 266 g/mol. The third-order valence-corrected chi connectivity index (χ3v) is 4.10. The summed E-state index contributed by atoms with van der Waals surface area (Å²) in [4.78, 5) is 2.29. The third kappa shape index (κ3) is 4.19. The van der Waals surface area contributed by atoms with Gasteiger partial charge in [0.2, 0.25) is 0 Å². The number of rotatable bonds is 5. The lowest BCUT2D eigenvalue weighted by atomic mass is 10.1. The van der Waals surface area contributed by atoms with E-state index in [1.807, 2.05) is 32.0 Å². The maximum absolute atomic E-state index is 10.3. The van der Waals surface area contributed by atoms with Gasteiger partial charge in [-0.3, -0.25) is 4.90 Å². The minimum Gasteiger partial charge on any atom is -0.490 e. The highest BCUT2D eigenvalue weighted by molar-refractivity contribution is 5.39. The summed E-state index contributed by atoms with van der Waals surface area (Å²) < 4.78 is 11.3. The van der Waals surface area contributed by atoms with Gasteiger partial charge in [0, 0.05) is 18.6 Å². The van der Waals surface area contributed by atoms with Crippen molar-refractivity contribution in [3.63, 3.8) is 0 Å². The topological polar surface area (TPSA) is 41.9 Å². The Morgan fingerprint density at radius 2 is 1.81 bits per heavy atom. The van der Waals surface area contributed by atoms with Crippen LogP contribution in [-0.4, -0.2) is 54.6 Å². The standard InChI is InChI=1S/C17H27NO3/c1-12-6-5-7-13(2)17(12)21-11-16(19)8-18-14(3)9-20-10-15(18)4/h5-7,14-16,19H,8-11H2,1-4H3. The number of hydrogen-bond donors (Lipinski definition) is 1. The van der Waals surface area contributed by atoms with Crippen molar-refractivity contribution >= 4 is 0 Å². The van der Waals surface area contributed by atoms with E-state index >= 15 is 0 Å². The molecule has 0 spiro atoms. The van der Waals surface area contributed by atoms with E-state index in [1.165, 1.54) is 0 Å². The molecule has 0 saturated carbocycles. The van der Waals surface area contributed by atoms with Crippen LogP contribution in [0.3, 0.4) is 0 Å². The zero-order chi connectivity index (χ0) is 15.4. The predicted octanol–water partition coefficient (Wildman–Crippen LogP) is 2.15. The molecule has 4 heteroatoms. The number of nitrogens with zero attached hydrogens (tertiary/aromatic N) is 1. The quantitative estimate of drug-likeness (QED) is 0.903. The molecule has 0 amide bonds. The molecule has 21 heavy (non-hydrogen) atoms. The first kappa shape index (κ1) is 16.3. The Morgan fingerprint density at radius 1 is 1.24 bits per heavy atom. The maximum atomic E-state index is 10.3. The molecular formula is C17H27NO3. The van der Waals surface area contributed by atoms with Crippen molar-refractivity contribution in [1.29, 1.82) is 0 Å². The Hall–Kier alpha value is -1.10. The van der Waals surface area contributed by atoms with Gasteiger partial charge in [-0.15, -0.1) is 0 Å². The second kappa shape index (κ2) is 7.25. The van der Waals surface area contributed by atoms with Gasteiger partial charge in [-0.2, -0.15) is 0 Å². The van der Waals surface area contributed by atoms with Gasteiger partial charge in [0.05, 0.1) is 13.2 Å². The number of β-amino-alcohol motifs (C(OH)–C–C–N with tert-alkyl or cyclic N) is 1. The molecule has 0 aromatic heterocycles. The first-order valence-corrected chi connectivity index (χ1v) is 7.69. The molecule has 1 fully saturated rings. The largest absolute Gasteiger partial charge is 0.490 e. The molecule has 1 N–H and O–H groups in total. The monoisotopic (exact) mass is 293 g/mol. The fourth-order valence-electron chi connectivity index (χ4n) is 2.90. The summed E-state index contributed by atoms with van der Waals surface area (Å²) in [6.45, 7) is 10.7. The van der Waals surface area contributed by atoms with E-state index in [2.05, 4.69) is 18.7 Å². The lowest BCUT2D eigenvalue weighted by Gasteiger charge is -2.39. The summed E-state index contributed by atoms with van der Waals surface area (Å²) in [7, 11) is 0. The van der Waals surface area contributed by atoms with Gasteiger partial charge in [0.25, 0.3) is 0 Å². The molecule has 118 valence electrons. The van der Waals surface area contributed by atoms with E-state index in [0.29, 0.717) is 25.2 Å². The van der Waals surface area contributed by atoms with Crippen molar-refractivity contribution in [2.75, 3.05) is 26.4 Å². The molecule has 0 aliphatic carbocycles. The smallest absolute Gasteiger partial charge is 0.125 e. The van der Waals surface area contributed by atoms with Gasteiger partial charge >= 0.3 is 0 Å². The summed E-state index contributed by atoms with van der Waals surface area (Å²) in [5.41, 5.74) is 2.21. The highest BCUT2D eigenvalue weighted by atomic mass is 16.5. The van der Waals surface area contributed by atoms with Crippen molar-refractivity contribution in [2.24, 2.45) is 0 Å². The molecule has 1 heterocycles. The zero-order valence-corrected chi connectivity index (χ0v) is 13.5. The van der Waals surface area contributed by atoms with Crippen LogP contribution in [0.5, 0.6) is 5.75 Å². The molecule has 3 atom stereocenters. The van der Waals surface area contributed by atoms with Gasteiger partial charge < -0.3 is 14.6 Å². The molecule has 2 rings (SSSR count). The van der Waals surface area contributed by atoms with Crippen LogP contribution in [0.2, 0.25) is 0 Å². The van der Waals surface area contributed by atoms with Crippen molar-refractivity contribution in [3.8, 4) is 5.75 Å². The van der Waals surface area contributed by atoms with Crippen LogP contribution in [0, 0.1) is 13.8 Å². The predicted molar refractivity (Wildman–Crippen MR) is 83.9 cm³/mol. The van der Waals surface area contributed by atoms with Crippen LogP contribution in [0.4, 0.5) is 0 Å². The number of aryl methyl sites for hydroxylation is 2. The van der Waals surface area contributed by atoms with Crippen LogP contribution in [-0.2, 0) is 4.74 Å². The molecule has 1 aromatic carbocycles. The average Bonchev–Trinajstić information content (AvgIpc) is 2.42. The summed E-state index contributed by atoms with van der Waals surface area (Å²) in [6.07, 6.45) is -0.494. The minimum absolute atomic E-state index is 0.322. The molecule has 1 aliphatic heterocycles. The third-order valence-electron chi connectivity index (χ3n) is 4.10. The second-order valence-electron chi connectivity index (χ2n) is 6.12. The van der Waals surface area contributed by atoms with Crippen molar-refractivity contribution < 1.29 is 14.6 Å². The number of ether oxygens (including phenoxy) is 2. The fraction of sp³-hybridized carbons (Fsp3) is 0.647. The highest BCUT2D eigenvalue weighted by Gasteiger charge is 2.27. The summed E-state index contributed by atoms with van der Waals surface area (Å²) in [6, 6.07) is 6.75. The van der Waals surface area contributed by atoms with Crippen LogP contribution in [0.25, 0.3) is 0 Å². The maximum Gasteiger partial charge on any atom is 0.125 e. The Morgan fingerprint density at radius 3 is 2.38 bits per heavy atom. The molecule has 3 unspecified atom stereocenters. The Kier molecular flexibility index (Phi) is 5.62. The van der Waals surface area contributed by atoms with Gasteiger partial charge in [0.1, 0.15) is 18.5 Å². The Labute approximate surface area is 127 Å². The molecule has 4 nitrogen and oxygen atoms in total. The lowest BCUT2D eigenvalue weighted by Crippen LogP contribution is -2.52. The summed E-state index contributed by atoms with van der Waals surface area (Å²) in [5.74, 6) is 0.889. The van der Waals surface area contributed by atoms with Crippen LogP contribution < -0.4 is 4.74 Å². The number of morpholine rings is 1. The van der Waals surface area contributed by atoms with Gasteiger partial charge in [0.15, 0.2) is 0 Å². The van der Waals surface area contributed by atoms with Crippen molar-refractivity contribution in [3.05, 3.63) is 29.3 Å². The van der Waals surface area contributed by atoms with Crippen LogP contribution in [0.15, 0.2) is 18.2 Å². The zero-order valence-electron chi connectivity index (χ0n) is 13.5. The van der Waals surface area contributed by atoms with Gasteiger partial charge in [-0.1, -0.05) is 18.2 Å². The lowest BCUT2D eigenvalue weighted by molar-refractivity contribution is -0.0579. The Bertz CT molecular complexity index is 433. The normalized spacial score (nSPS) is 24.8. The second-order valence-corrected chi connectivity index (χ2v) is 6.12. The van der Waals surface area contributed by atoms with E-state index in [-0.39, 0.29) is 0 Å².